The number of carbonyl (C=O) groups excluding carboxylic acids is 1. The van der Waals surface area contributed by atoms with E-state index in [2.05, 4.69) is 0 Å². The van der Waals surface area contributed by atoms with E-state index >= 15 is 0 Å². The predicted molar refractivity (Wildman–Crippen MR) is 124 cm³/mol. The molecular weight excluding hydrogens is 456 g/mol. The maximum absolute atomic E-state index is 11.5. The lowest BCUT2D eigenvalue weighted by Gasteiger charge is -2.06. The van der Waals surface area contributed by atoms with Gasteiger partial charge in [0.2, 0.25) is 28.1 Å². The molecule has 2 aromatic heterocycles. The molecule has 0 unspecified atom stereocenters. The summed E-state index contributed by atoms with van der Waals surface area (Å²) in [6, 6.07) is 20.8. The second kappa shape index (κ2) is 12.4. The quantitative estimate of drug-likeness (QED) is 0.375. The lowest BCUT2D eigenvalue weighted by Crippen LogP contribution is -2.12. The van der Waals surface area contributed by atoms with Gasteiger partial charge in [0.1, 0.15) is 13.2 Å². The second-order valence-electron chi connectivity index (χ2n) is 6.89. The van der Waals surface area contributed by atoms with Crippen molar-refractivity contribution in [1.29, 1.82) is 0 Å². The molecule has 9 nitrogen and oxygen atoms in total. The highest BCUT2D eigenvalue weighted by Gasteiger charge is 2.17. The van der Waals surface area contributed by atoms with Crippen molar-refractivity contribution in [3.63, 3.8) is 0 Å². The van der Waals surface area contributed by atoms with E-state index in [0.29, 0.717) is 6.29 Å². The maximum atomic E-state index is 11.5. The van der Waals surface area contributed by atoms with Crippen LogP contribution in [0.5, 0.6) is 11.5 Å². The van der Waals surface area contributed by atoms with Gasteiger partial charge in [0.15, 0.2) is 6.29 Å². The summed E-state index contributed by atoms with van der Waals surface area (Å²) in [5, 5.41) is 8.87. The van der Waals surface area contributed by atoms with Gasteiger partial charge in [0.05, 0.1) is 12.5 Å². The first kappa shape index (κ1) is 24.7. The number of ether oxygens (including phenoxy) is 2. The fraction of sp³-hybridized carbons (Fsp3) is 0.0769. The summed E-state index contributed by atoms with van der Waals surface area (Å²) < 4.78 is 20.2. The summed E-state index contributed by atoms with van der Waals surface area (Å²) in [5.74, 6) is -2.25. The number of rotatable bonds is 8. The number of benzene rings is 2. The van der Waals surface area contributed by atoms with Crippen LogP contribution in [0, 0.1) is 0 Å². The lowest BCUT2D eigenvalue weighted by atomic mass is 10.2. The van der Waals surface area contributed by atoms with Crippen molar-refractivity contribution in [3.05, 3.63) is 128 Å². The van der Waals surface area contributed by atoms with Crippen molar-refractivity contribution in [3.8, 4) is 11.5 Å². The Balaban J connectivity index is 0.000000196. The molecule has 0 saturated carbocycles. The van der Waals surface area contributed by atoms with Crippen LogP contribution in [0.4, 0.5) is 0 Å². The molecule has 0 aliphatic rings. The van der Waals surface area contributed by atoms with Gasteiger partial charge in [-0.1, -0.05) is 60.7 Å². The first-order valence-electron chi connectivity index (χ1n) is 10.2. The molecule has 0 fully saturated rings. The number of hydrogen-bond donors (Lipinski definition) is 1. The van der Waals surface area contributed by atoms with Gasteiger partial charge in [0.25, 0.3) is 5.76 Å². The van der Waals surface area contributed by atoms with E-state index in [1.807, 2.05) is 60.7 Å². The number of hydrogen-bond acceptors (Lipinski definition) is 8. The van der Waals surface area contributed by atoms with Crippen LogP contribution in [-0.2, 0) is 13.2 Å². The smallest absolute Gasteiger partial charge is 0.375 e. The Morgan fingerprint density at radius 1 is 0.743 bits per heavy atom. The molecule has 4 rings (SSSR count). The third-order valence-corrected chi connectivity index (χ3v) is 4.45. The molecule has 4 aromatic rings. The molecule has 35 heavy (non-hydrogen) atoms. The molecule has 0 saturated heterocycles. The van der Waals surface area contributed by atoms with Gasteiger partial charge in [-0.05, 0) is 11.1 Å². The maximum Gasteiger partial charge on any atom is 0.375 e. The molecule has 0 atom stereocenters. The van der Waals surface area contributed by atoms with E-state index in [1.165, 1.54) is 12.3 Å². The minimum atomic E-state index is -1.34. The minimum Gasteiger partial charge on any atom is -0.481 e. The SMILES string of the molecule is O=C(O)c1occc(=O)c1OCc1ccccc1.O=Cc1occc(=O)c1OCc1ccccc1. The van der Waals surface area contributed by atoms with Crippen LogP contribution in [0.2, 0.25) is 0 Å². The van der Waals surface area contributed by atoms with Crippen molar-refractivity contribution >= 4 is 12.3 Å². The number of carbonyl (C=O) groups is 2. The first-order valence-corrected chi connectivity index (χ1v) is 10.2. The van der Waals surface area contributed by atoms with Crippen molar-refractivity contribution in [1.82, 2.24) is 0 Å². The molecule has 1 N–H and O–H groups in total. The van der Waals surface area contributed by atoms with Crippen LogP contribution < -0.4 is 20.3 Å². The van der Waals surface area contributed by atoms with Crippen LogP contribution in [0.3, 0.4) is 0 Å². The zero-order chi connectivity index (χ0) is 25.0. The van der Waals surface area contributed by atoms with E-state index in [4.69, 9.17) is 23.4 Å². The van der Waals surface area contributed by atoms with Crippen LogP contribution in [-0.4, -0.2) is 17.4 Å². The Kier molecular flexibility index (Phi) is 8.73. The van der Waals surface area contributed by atoms with E-state index in [0.717, 1.165) is 23.5 Å². The van der Waals surface area contributed by atoms with Crippen molar-refractivity contribution in [2.24, 2.45) is 0 Å². The van der Waals surface area contributed by atoms with Gasteiger partial charge in [-0.3, -0.25) is 14.4 Å². The molecule has 0 aliphatic carbocycles. The fourth-order valence-electron chi connectivity index (χ4n) is 2.79. The molecule has 2 heterocycles. The minimum absolute atomic E-state index is 0.0497. The number of carboxylic acid groups (broad SMARTS) is 1. The zero-order valence-electron chi connectivity index (χ0n) is 18.3. The van der Waals surface area contributed by atoms with Crippen molar-refractivity contribution in [2.45, 2.75) is 13.2 Å². The third-order valence-electron chi connectivity index (χ3n) is 4.45. The summed E-state index contributed by atoms with van der Waals surface area (Å²) in [7, 11) is 0. The molecule has 0 amide bonds. The Hall–Kier alpha value is -4.92. The second-order valence-corrected chi connectivity index (χ2v) is 6.89. The fourth-order valence-corrected chi connectivity index (χ4v) is 2.79. The van der Waals surface area contributed by atoms with E-state index in [-0.39, 0.29) is 35.9 Å². The third kappa shape index (κ3) is 7.03. The average Bonchev–Trinajstić information content (AvgIpc) is 2.88. The van der Waals surface area contributed by atoms with Crippen LogP contribution in [0.15, 0.2) is 104 Å². The van der Waals surface area contributed by atoms with Gasteiger partial charge in [-0.25, -0.2) is 4.79 Å². The standard InChI is InChI=1S/C13H10O5.C13H10O4/c14-10-6-7-17-12(13(15)16)11(10)18-8-9-4-2-1-3-5-9;14-8-12-13(11(15)6-7-16-12)17-9-10-4-2-1-3-5-10/h1-7H,8H2,(H,15,16);1-8H,9H2. The lowest BCUT2D eigenvalue weighted by molar-refractivity contribution is 0.0650. The average molecular weight is 476 g/mol. The molecule has 0 radical (unpaired) electrons. The predicted octanol–water partition coefficient (Wildman–Crippen LogP) is 3.95. The normalized spacial score (nSPS) is 9.94. The Morgan fingerprint density at radius 2 is 1.23 bits per heavy atom. The van der Waals surface area contributed by atoms with Crippen molar-refractivity contribution < 1.29 is 33.0 Å². The van der Waals surface area contributed by atoms with Gasteiger partial charge in [-0.2, -0.15) is 0 Å². The highest BCUT2D eigenvalue weighted by Crippen LogP contribution is 2.15. The summed E-state index contributed by atoms with van der Waals surface area (Å²) >= 11 is 0. The summed E-state index contributed by atoms with van der Waals surface area (Å²) in [6.07, 6.45) is 2.66. The van der Waals surface area contributed by atoms with Crippen LogP contribution >= 0.6 is 0 Å². The summed E-state index contributed by atoms with van der Waals surface area (Å²) in [4.78, 5) is 44.5. The molecule has 9 heteroatoms. The Bertz CT molecular complexity index is 1370. The van der Waals surface area contributed by atoms with Gasteiger partial charge < -0.3 is 23.4 Å². The van der Waals surface area contributed by atoms with Crippen LogP contribution in [0.25, 0.3) is 0 Å². The molecule has 178 valence electrons. The van der Waals surface area contributed by atoms with Gasteiger partial charge in [-0.15, -0.1) is 0 Å². The van der Waals surface area contributed by atoms with Gasteiger partial charge in [0, 0.05) is 12.1 Å². The monoisotopic (exact) mass is 476 g/mol. The van der Waals surface area contributed by atoms with E-state index < -0.39 is 17.2 Å². The van der Waals surface area contributed by atoms with E-state index in [1.54, 1.807) is 0 Å². The molecule has 0 bridgehead atoms. The highest BCUT2D eigenvalue weighted by molar-refractivity contribution is 5.87. The first-order chi connectivity index (χ1) is 17.0. The van der Waals surface area contributed by atoms with E-state index in [9.17, 15) is 19.2 Å². The number of aldehydes is 1. The van der Waals surface area contributed by atoms with Gasteiger partial charge >= 0.3 is 5.97 Å². The molecule has 0 aliphatic heterocycles. The van der Waals surface area contributed by atoms with Crippen LogP contribution in [0.1, 0.15) is 32.2 Å². The largest absolute Gasteiger partial charge is 0.481 e. The summed E-state index contributed by atoms with van der Waals surface area (Å²) in [6.45, 7) is 0.326. The van der Waals surface area contributed by atoms with Crippen molar-refractivity contribution in [2.75, 3.05) is 0 Å². The number of carboxylic acids is 1. The number of aromatic carboxylic acids is 1. The molecule has 0 spiro atoms. The molecule has 2 aromatic carbocycles. The Labute approximate surface area is 198 Å². The summed E-state index contributed by atoms with van der Waals surface area (Å²) in [5.41, 5.74) is 0.855. The highest BCUT2D eigenvalue weighted by atomic mass is 16.5. The molecular formula is C26H20O9. The Morgan fingerprint density at radius 3 is 1.74 bits per heavy atom. The topological polar surface area (TPSA) is 133 Å². The zero-order valence-corrected chi connectivity index (χ0v) is 18.3.